The summed E-state index contributed by atoms with van der Waals surface area (Å²) < 4.78 is 20.1. The average molecular weight is 320 g/mol. The molecule has 1 aromatic heterocycles. The first kappa shape index (κ1) is 16.1. The third kappa shape index (κ3) is 3.48. The van der Waals surface area contributed by atoms with Crippen molar-refractivity contribution in [2.24, 2.45) is 15.9 Å². The standard InChI is InChI=1S/C13H16N6O4/c1-20-8-5-10(22-3)9(21-2)4-7(8)6-16-17-12(14)11-13(15)19-23-18-11/h4-6H,1-3H3,(H2,14,17)(H2,15,19)/b16-6-. The quantitative estimate of drug-likeness (QED) is 0.442. The van der Waals surface area contributed by atoms with Gasteiger partial charge in [-0.25, -0.2) is 4.63 Å². The van der Waals surface area contributed by atoms with E-state index in [1.54, 1.807) is 12.1 Å². The van der Waals surface area contributed by atoms with Gasteiger partial charge < -0.3 is 25.7 Å². The van der Waals surface area contributed by atoms with Crippen molar-refractivity contribution < 1.29 is 18.8 Å². The number of methoxy groups -OCH3 is 3. The molecule has 2 aromatic rings. The van der Waals surface area contributed by atoms with E-state index in [4.69, 9.17) is 25.7 Å². The van der Waals surface area contributed by atoms with Crippen LogP contribution in [0.5, 0.6) is 17.2 Å². The van der Waals surface area contributed by atoms with Gasteiger partial charge >= 0.3 is 0 Å². The molecule has 4 N–H and O–H groups in total. The highest BCUT2D eigenvalue weighted by molar-refractivity contribution is 5.99. The molecule has 0 saturated carbocycles. The van der Waals surface area contributed by atoms with Gasteiger partial charge in [-0.1, -0.05) is 0 Å². The molecule has 0 atom stereocenters. The number of aromatic nitrogens is 2. The van der Waals surface area contributed by atoms with Gasteiger partial charge in [-0.2, -0.15) is 5.10 Å². The van der Waals surface area contributed by atoms with Gasteiger partial charge in [0, 0.05) is 11.6 Å². The predicted molar refractivity (Wildman–Crippen MR) is 83.1 cm³/mol. The molecule has 0 spiro atoms. The highest BCUT2D eigenvalue weighted by Crippen LogP contribution is 2.33. The van der Waals surface area contributed by atoms with Crippen molar-refractivity contribution in [3.8, 4) is 17.2 Å². The van der Waals surface area contributed by atoms with Gasteiger partial charge in [-0.15, -0.1) is 5.10 Å². The molecule has 1 aromatic carbocycles. The fourth-order valence-corrected chi connectivity index (χ4v) is 1.73. The smallest absolute Gasteiger partial charge is 0.199 e. The van der Waals surface area contributed by atoms with Crippen molar-refractivity contribution in [1.29, 1.82) is 0 Å². The van der Waals surface area contributed by atoms with E-state index in [1.807, 2.05) is 0 Å². The lowest BCUT2D eigenvalue weighted by atomic mass is 10.2. The highest BCUT2D eigenvalue weighted by Gasteiger charge is 2.11. The maximum Gasteiger partial charge on any atom is 0.199 e. The Labute approximate surface area is 131 Å². The molecule has 0 fully saturated rings. The van der Waals surface area contributed by atoms with Gasteiger partial charge in [-0.05, 0) is 16.4 Å². The first-order chi connectivity index (χ1) is 11.1. The second-order valence-corrected chi connectivity index (χ2v) is 4.18. The third-order valence-corrected chi connectivity index (χ3v) is 2.85. The first-order valence-corrected chi connectivity index (χ1v) is 6.35. The Morgan fingerprint density at radius 2 is 1.74 bits per heavy atom. The maximum absolute atomic E-state index is 5.69. The number of nitrogens with zero attached hydrogens (tertiary/aromatic N) is 4. The average Bonchev–Trinajstić information content (AvgIpc) is 3.00. The van der Waals surface area contributed by atoms with Crippen molar-refractivity contribution >= 4 is 17.9 Å². The molecule has 0 unspecified atom stereocenters. The minimum Gasteiger partial charge on any atom is -0.496 e. The summed E-state index contributed by atoms with van der Waals surface area (Å²) in [6.45, 7) is 0. The summed E-state index contributed by atoms with van der Waals surface area (Å²) in [7, 11) is 4.59. The van der Waals surface area contributed by atoms with E-state index < -0.39 is 0 Å². The van der Waals surface area contributed by atoms with E-state index in [2.05, 4.69) is 25.1 Å². The Morgan fingerprint density at radius 1 is 1.09 bits per heavy atom. The van der Waals surface area contributed by atoms with Crippen LogP contribution in [0.1, 0.15) is 11.3 Å². The molecule has 10 nitrogen and oxygen atoms in total. The van der Waals surface area contributed by atoms with E-state index in [-0.39, 0.29) is 17.3 Å². The molecule has 122 valence electrons. The van der Waals surface area contributed by atoms with Gasteiger partial charge in [0.15, 0.2) is 28.8 Å². The summed E-state index contributed by atoms with van der Waals surface area (Å²) >= 11 is 0. The van der Waals surface area contributed by atoms with Crippen LogP contribution in [0.3, 0.4) is 0 Å². The van der Waals surface area contributed by atoms with E-state index in [1.165, 1.54) is 27.5 Å². The molecular weight excluding hydrogens is 304 g/mol. The number of anilines is 1. The van der Waals surface area contributed by atoms with Gasteiger partial charge in [-0.3, -0.25) is 0 Å². The lowest BCUT2D eigenvalue weighted by molar-refractivity contribution is 0.308. The minimum absolute atomic E-state index is 0.0283. The van der Waals surface area contributed by atoms with Gasteiger partial charge in [0.1, 0.15) is 5.75 Å². The summed E-state index contributed by atoms with van der Waals surface area (Å²) in [5.74, 6) is 1.59. The summed E-state index contributed by atoms with van der Waals surface area (Å²) in [6.07, 6.45) is 1.44. The zero-order chi connectivity index (χ0) is 16.8. The Balaban J connectivity index is 2.30. The first-order valence-electron chi connectivity index (χ1n) is 6.35. The number of ether oxygens (including phenoxy) is 3. The van der Waals surface area contributed by atoms with Crippen LogP contribution in [0.4, 0.5) is 5.82 Å². The zero-order valence-corrected chi connectivity index (χ0v) is 12.8. The molecule has 23 heavy (non-hydrogen) atoms. The minimum atomic E-state index is -0.0283. The van der Waals surface area contributed by atoms with Gasteiger partial charge in [0.2, 0.25) is 0 Å². The van der Waals surface area contributed by atoms with Crippen LogP contribution in [-0.2, 0) is 0 Å². The Hall–Kier alpha value is -3.30. The van der Waals surface area contributed by atoms with Crippen LogP contribution in [0.2, 0.25) is 0 Å². The molecule has 0 bridgehead atoms. The second-order valence-electron chi connectivity index (χ2n) is 4.18. The zero-order valence-electron chi connectivity index (χ0n) is 12.8. The molecule has 1 heterocycles. The molecule has 10 heteroatoms. The summed E-state index contributed by atoms with van der Waals surface area (Å²) in [5, 5.41) is 14.6. The predicted octanol–water partition coefficient (Wildman–Crippen LogP) is 0.417. The van der Waals surface area contributed by atoms with E-state index in [0.29, 0.717) is 22.8 Å². The Morgan fingerprint density at radius 3 is 2.30 bits per heavy atom. The van der Waals surface area contributed by atoms with Crippen molar-refractivity contribution in [3.05, 3.63) is 23.4 Å². The Kier molecular flexibility index (Phi) is 4.97. The van der Waals surface area contributed by atoms with Gasteiger partial charge in [0.25, 0.3) is 0 Å². The van der Waals surface area contributed by atoms with E-state index >= 15 is 0 Å². The largest absolute Gasteiger partial charge is 0.496 e. The normalized spacial score (nSPS) is 11.7. The number of rotatable bonds is 6. The number of hydrogen-bond acceptors (Lipinski definition) is 9. The van der Waals surface area contributed by atoms with Crippen LogP contribution in [-0.4, -0.2) is 43.7 Å². The van der Waals surface area contributed by atoms with Crippen molar-refractivity contribution in [3.63, 3.8) is 0 Å². The lowest BCUT2D eigenvalue weighted by Gasteiger charge is -2.11. The summed E-state index contributed by atoms with van der Waals surface area (Å²) in [6, 6.07) is 3.37. The fraction of sp³-hybridized carbons (Fsp3) is 0.231. The summed E-state index contributed by atoms with van der Waals surface area (Å²) in [5.41, 5.74) is 11.9. The second kappa shape index (κ2) is 7.11. The SMILES string of the molecule is COc1cc(OC)c(OC)cc1/C=N\N=C(\N)c1nonc1N. The molecule has 0 amide bonds. The molecular formula is C13H16N6O4. The molecule has 0 radical (unpaired) electrons. The highest BCUT2D eigenvalue weighted by atomic mass is 16.6. The topological polar surface area (TPSA) is 143 Å². The van der Waals surface area contributed by atoms with Crippen molar-refractivity contribution in [2.45, 2.75) is 0 Å². The van der Waals surface area contributed by atoms with Crippen LogP contribution in [0.25, 0.3) is 0 Å². The number of nitrogens with two attached hydrogens (primary N) is 2. The maximum atomic E-state index is 5.69. The molecule has 0 aliphatic rings. The van der Waals surface area contributed by atoms with Crippen LogP contribution < -0.4 is 25.7 Å². The van der Waals surface area contributed by atoms with E-state index in [9.17, 15) is 0 Å². The molecule has 0 aliphatic heterocycles. The van der Waals surface area contributed by atoms with Gasteiger partial charge in [0.05, 0.1) is 27.5 Å². The van der Waals surface area contributed by atoms with Crippen LogP contribution >= 0.6 is 0 Å². The van der Waals surface area contributed by atoms with Crippen molar-refractivity contribution in [1.82, 2.24) is 10.3 Å². The molecule has 2 rings (SSSR count). The number of nitrogen functional groups attached to an aromatic ring is 1. The molecule has 0 aliphatic carbocycles. The van der Waals surface area contributed by atoms with Crippen molar-refractivity contribution in [2.75, 3.05) is 27.1 Å². The third-order valence-electron chi connectivity index (χ3n) is 2.85. The number of benzene rings is 1. The van der Waals surface area contributed by atoms with E-state index in [0.717, 1.165) is 0 Å². The lowest BCUT2D eigenvalue weighted by Crippen LogP contribution is -2.15. The summed E-state index contributed by atoms with van der Waals surface area (Å²) in [4.78, 5) is 0. The monoisotopic (exact) mass is 320 g/mol. The fourth-order valence-electron chi connectivity index (χ4n) is 1.73. The van der Waals surface area contributed by atoms with Crippen LogP contribution in [0.15, 0.2) is 27.0 Å². The molecule has 0 saturated heterocycles. The Bertz CT molecular complexity index is 740. The van der Waals surface area contributed by atoms with Crippen LogP contribution in [0, 0.1) is 0 Å². The number of amidine groups is 1. The number of hydrogen-bond donors (Lipinski definition) is 2.